The number of aromatic nitrogens is 2. The van der Waals surface area contributed by atoms with Crippen molar-refractivity contribution in [3.8, 4) is 0 Å². The van der Waals surface area contributed by atoms with Crippen LogP contribution >= 0.6 is 0 Å². The van der Waals surface area contributed by atoms with Gasteiger partial charge in [-0.15, -0.1) is 0 Å². The van der Waals surface area contributed by atoms with Gasteiger partial charge in [0, 0.05) is 31.8 Å². The highest BCUT2D eigenvalue weighted by atomic mass is 16.5. The van der Waals surface area contributed by atoms with Crippen molar-refractivity contribution in [3.05, 3.63) is 41.6 Å². The number of methoxy groups -OCH3 is 1. The van der Waals surface area contributed by atoms with Gasteiger partial charge in [0.05, 0.1) is 6.61 Å². The maximum absolute atomic E-state index is 12.5. The summed E-state index contributed by atoms with van der Waals surface area (Å²) in [5, 5.41) is 9.92. The Morgan fingerprint density at radius 2 is 2.00 bits per heavy atom. The highest BCUT2D eigenvalue weighted by Crippen LogP contribution is 2.26. The van der Waals surface area contributed by atoms with Gasteiger partial charge in [-0.2, -0.15) is 5.10 Å². The van der Waals surface area contributed by atoms with E-state index in [9.17, 15) is 9.59 Å². The highest BCUT2D eigenvalue weighted by Gasteiger charge is 2.24. The minimum Gasteiger partial charge on any atom is -0.380 e. The van der Waals surface area contributed by atoms with E-state index in [1.165, 1.54) is 4.68 Å². The van der Waals surface area contributed by atoms with E-state index in [0.717, 1.165) is 31.2 Å². The summed E-state index contributed by atoms with van der Waals surface area (Å²) in [6.07, 6.45) is 4.04. The molecule has 0 atom stereocenters. The van der Waals surface area contributed by atoms with Crippen molar-refractivity contribution >= 4 is 23.3 Å². The van der Waals surface area contributed by atoms with Gasteiger partial charge in [-0.25, -0.2) is 0 Å². The van der Waals surface area contributed by atoms with Gasteiger partial charge in [-0.05, 0) is 30.5 Å². The number of amides is 2. The molecule has 3 rings (SSSR count). The van der Waals surface area contributed by atoms with E-state index in [1.54, 1.807) is 20.2 Å². The normalized spacial score (nSPS) is 14.4. The first kappa shape index (κ1) is 18.1. The van der Waals surface area contributed by atoms with Crippen LogP contribution < -0.4 is 10.6 Å². The van der Waals surface area contributed by atoms with E-state index in [-0.39, 0.29) is 23.4 Å². The van der Waals surface area contributed by atoms with Gasteiger partial charge < -0.3 is 15.4 Å². The van der Waals surface area contributed by atoms with Crippen molar-refractivity contribution in [2.24, 2.45) is 13.0 Å². The van der Waals surface area contributed by atoms with Gasteiger partial charge in [0.25, 0.3) is 5.91 Å². The molecule has 1 aromatic heterocycles. The number of ether oxygens (including phenoxy) is 1. The topological polar surface area (TPSA) is 85.3 Å². The van der Waals surface area contributed by atoms with E-state index < -0.39 is 0 Å². The Labute approximate surface area is 152 Å². The first-order valence-electron chi connectivity index (χ1n) is 8.81. The van der Waals surface area contributed by atoms with Gasteiger partial charge in [-0.1, -0.05) is 25.0 Å². The maximum Gasteiger partial charge on any atom is 0.276 e. The average molecular weight is 356 g/mol. The summed E-state index contributed by atoms with van der Waals surface area (Å²) < 4.78 is 6.62. The fraction of sp³-hybridized carbons (Fsp3) is 0.421. The van der Waals surface area contributed by atoms with E-state index in [2.05, 4.69) is 15.7 Å². The molecule has 1 aliphatic carbocycles. The lowest BCUT2D eigenvalue weighted by atomic mass is 10.1. The molecule has 0 unspecified atom stereocenters. The summed E-state index contributed by atoms with van der Waals surface area (Å²) in [7, 11) is 3.33. The summed E-state index contributed by atoms with van der Waals surface area (Å²) in [4.78, 5) is 24.7. The molecule has 0 radical (unpaired) electrons. The largest absolute Gasteiger partial charge is 0.380 e. The first-order chi connectivity index (χ1) is 12.6. The van der Waals surface area contributed by atoms with Gasteiger partial charge in [0.15, 0.2) is 5.69 Å². The monoisotopic (exact) mass is 356 g/mol. The second-order valence-electron chi connectivity index (χ2n) is 6.60. The number of nitrogens with one attached hydrogen (secondary N) is 2. The van der Waals surface area contributed by atoms with Crippen LogP contribution in [0.25, 0.3) is 0 Å². The van der Waals surface area contributed by atoms with Gasteiger partial charge in [0.2, 0.25) is 5.91 Å². The van der Waals surface area contributed by atoms with Crippen molar-refractivity contribution in [3.63, 3.8) is 0 Å². The number of nitrogens with zero attached hydrogens (tertiary/aromatic N) is 2. The molecule has 0 spiro atoms. The minimum absolute atomic E-state index is 0.00437. The fourth-order valence-electron chi connectivity index (χ4n) is 3.21. The SMILES string of the molecule is COCc1cccc(NC(=O)c2cc(NC(=O)C3CCCC3)n(C)n2)c1. The third-order valence-corrected chi connectivity index (χ3v) is 4.59. The summed E-state index contributed by atoms with van der Waals surface area (Å²) in [5.41, 5.74) is 1.90. The van der Waals surface area contributed by atoms with E-state index in [1.807, 2.05) is 24.3 Å². The molecule has 2 amide bonds. The Morgan fingerprint density at radius 1 is 1.23 bits per heavy atom. The van der Waals surface area contributed by atoms with Gasteiger partial charge >= 0.3 is 0 Å². The quantitative estimate of drug-likeness (QED) is 0.833. The third-order valence-electron chi connectivity index (χ3n) is 4.59. The van der Waals surface area contributed by atoms with Crippen LogP contribution in [0.4, 0.5) is 11.5 Å². The smallest absolute Gasteiger partial charge is 0.276 e. The van der Waals surface area contributed by atoms with Crippen molar-refractivity contribution in [1.82, 2.24) is 9.78 Å². The Kier molecular flexibility index (Phi) is 5.68. The highest BCUT2D eigenvalue weighted by molar-refractivity contribution is 6.04. The average Bonchev–Trinajstić information content (AvgIpc) is 3.26. The zero-order valence-corrected chi connectivity index (χ0v) is 15.1. The minimum atomic E-state index is -0.323. The zero-order chi connectivity index (χ0) is 18.5. The number of carbonyl (C=O) groups excluding carboxylic acids is 2. The van der Waals surface area contributed by atoms with Crippen LogP contribution in [-0.2, 0) is 23.2 Å². The van der Waals surface area contributed by atoms with E-state index in [0.29, 0.717) is 18.1 Å². The molecule has 1 aromatic carbocycles. The molecule has 7 nitrogen and oxygen atoms in total. The Hall–Kier alpha value is -2.67. The summed E-state index contributed by atoms with van der Waals surface area (Å²) in [5.74, 6) is 0.271. The number of hydrogen-bond donors (Lipinski definition) is 2. The second-order valence-corrected chi connectivity index (χ2v) is 6.60. The second kappa shape index (κ2) is 8.14. The molecular formula is C19H24N4O3. The first-order valence-corrected chi connectivity index (χ1v) is 8.81. The number of hydrogen-bond acceptors (Lipinski definition) is 4. The number of carbonyl (C=O) groups is 2. The molecule has 1 fully saturated rings. The molecule has 1 aliphatic rings. The van der Waals surface area contributed by atoms with Crippen LogP contribution in [0.1, 0.15) is 41.7 Å². The summed E-state index contributed by atoms with van der Waals surface area (Å²) >= 11 is 0. The van der Waals surface area contributed by atoms with Crippen LogP contribution in [0.5, 0.6) is 0 Å². The predicted molar refractivity (Wildman–Crippen MR) is 98.9 cm³/mol. The Balaban J connectivity index is 1.66. The van der Waals surface area contributed by atoms with Crippen LogP contribution in [0, 0.1) is 5.92 Å². The molecule has 7 heteroatoms. The number of anilines is 2. The molecule has 26 heavy (non-hydrogen) atoms. The molecule has 0 saturated heterocycles. The fourth-order valence-corrected chi connectivity index (χ4v) is 3.21. The lowest BCUT2D eigenvalue weighted by Gasteiger charge is -2.09. The maximum atomic E-state index is 12.5. The third kappa shape index (κ3) is 4.29. The molecule has 138 valence electrons. The number of rotatable bonds is 6. The van der Waals surface area contributed by atoms with Crippen molar-refractivity contribution < 1.29 is 14.3 Å². The van der Waals surface area contributed by atoms with Crippen molar-refractivity contribution in [1.29, 1.82) is 0 Å². The number of benzene rings is 1. The number of aryl methyl sites for hydroxylation is 1. The standard InChI is InChI=1S/C19H24N4O3/c1-23-17(21-18(24)14-7-3-4-8-14)11-16(22-23)19(25)20-15-9-5-6-13(10-15)12-26-2/h5-6,9-11,14H,3-4,7-8,12H2,1-2H3,(H,20,25)(H,21,24). The van der Waals surface area contributed by atoms with Gasteiger partial charge in [0.1, 0.15) is 5.82 Å². The lowest BCUT2D eigenvalue weighted by molar-refractivity contribution is -0.119. The Morgan fingerprint density at radius 3 is 2.73 bits per heavy atom. The van der Waals surface area contributed by atoms with E-state index >= 15 is 0 Å². The van der Waals surface area contributed by atoms with Crippen molar-refractivity contribution in [2.75, 3.05) is 17.7 Å². The van der Waals surface area contributed by atoms with Gasteiger partial charge in [-0.3, -0.25) is 14.3 Å². The predicted octanol–water partition coefficient (Wildman–Crippen LogP) is 2.95. The molecule has 2 aromatic rings. The van der Waals surface area contributed by atoms with Crippen LogP contribution in [0.15, 0.2) is 30.3 Å². The van der Waals surface area contributed by atoms with Crippen LogP contribution in [0.3, 0.4) is 0 Å². The van der Waals surface area contributed by atoms with Crippen LogP contribution in [0.2, 0.25) is 0 Å². The molecule has 1 heterocycles. The Bertz CT molecular complexity index is 794. The molecule has 2 N–H and O–H groups in total. The van der Waals surface area contributed by atoms with Crippen LogP contribution in [-0.4, -0.2) is 28.7 Å². The van der Waals surface area contributed by atoms with Crippen molar-refractivity contribution in [2.45, 2.75) is 32.3 Å². The molecule has 0 aliphatic heterocycles. The van der Waals surface area contributed by atoms with E-state index in [4.69, 9.17) is 4.74 Å². The zero-order valence-electron chi connectivity index (χ0n) is 15.1. The summed E-state index contributed by atoms with van der Waals surface area (Å²) in [6, 6.07) is 9.04. The molecule has 0 bridgehead atoms. The molecule has 1 saturated carbocycles. The summed E-state index contributed by atoms with van der Waals surface area (Å²) in [6.45, 7) is 0.477. The molecular weight excluding hydrogens is 332 g/mol. The lowest BCUT2D eigenvalue weighted by Crippen LogP contribution is -2.21.